The molecule has 3 heterocycles. The Morgan fingerprint density at radius 2 is 1.97 bits per heavy atom. The zero-order valence-electron chi connectivity index (χ0n) is 20.2. The lowest BCUT2D eigenvalue weighted by atomic mass is 9.99. The zero-order chi connectivity index (χ0) is 22.3. The molecule has 0 bridgehead atoms. The molecule has 0 radical (unpaired) electrons. The number of aliphatic imine (C=N–C) groups is 1. The smallest absolute Gasteiger partial charge is 0.194 e. The molecule has 7 nitrogen and oxygen atoms in total. The van der Waals surface area contributed by atoms with Gasteiger partial charge in [0, 0.05) is 45.0 Å². The van der Waals surface area contributed by atoms with E-state index in [0.717, 1.165) is 43.6 Å². The van der Waals surface area contributed by atoms with Crippen LogP contribution in [0.15, 0.2) is 41.7 Å². The van der Waals surface area contributed by atoms with Crippen LogP contribution in [-0.4, -0.2) is 64.9 Å². The fourth-order valence-electron chi connectivity index (χ4n) is 4.68. The van der Waals surface area contributed by atoms with Crippen molar-refractivity contribution in [3.63, 3.8) is 0 Å². The summed E-state index contributed by atoms with van der Waals surface area (Å²) in [4.78, 5) is 9.83. The van der Waals surface area contributed by atoms with Gasteiger partial charge in [-0.3, -0.25) is 9.58 Å². The largest absolute Gasteiger partial charge is 0.370 e. The number of benzene rings is 1. The van der Waals surface area contributed by atoms with Gasteiger partial charge in [0.2, 0.25) is 0 Å². The van der Waals surface area contributed by atoms with Crippen LogP contribution in [0.1, 0.15) is 49.5 Å². The molecule has 0 saturated carbocycles. The summed E-state index contributed by atoms with van der Waals surface area (Å²) in [5.74, 6) is 1.77. The third-order valence-corrected chi connectivity index (χ3v) is 6.38. The maximum absolute atomic E-state index is 6.00. The van der Waals surface area contributed by atoms with Crippen LogP contribution in [0.2, 0.25) is 0 Å². The standard InChI is InChI=1S/C25H38N6O.HI/c1-4-26-25(31-12-13-32-24(19-31)23-15-28-29(3)18-23)27-14-21-7-9-22(10-8-21)17-30-11-5-6-20(2)16-30;/h7-10,15,18,20,24H,4-6,11-14,16-17,19H2,1-3H3,(H,26,27);1H. The molecule has 2 atom stereocenters. The minimum atomic E-state index is 0. The summed E-state index contributed by atoms with van der Waals surface area (Å²) in [6.45, 7) is 11.8. The Morgan fingerprint density at radius 1 is 1.18 bits per heavy atom. The average Bonchev–Trinajstić information content (AvgIpc) is 3.24. The lowest BCUT2D eigenvalue weighted by molar-refractivity contribution is -0.00805. The van der Waals surface area contributed by atoms with Crippen molar-refractivity contribution < 1.29 is 4.74 Å². The van der Waals surface area contributed by atoms with Crippen molar-refractivity contribution in [2.24, 2.45) is 18.0 Å². The number of aromatic nitrogens is 2. The number of piperidine rings is 1. The molecule has 2 aliphatic rings. The minimum absolute atomic E-state index is 0. The first-order valence-corrected chi connectivity index (χ1v) is 12.0. The predicted octanol–water partition coefficient (Wildman–Crippen LogP) is 3.81. The second-order valence-corrected chi connectivity index (χ2v) is 9.22. The minimum Gasteiger partial charge on any atom is -0.370 e. The molecule has 1 N–H and O–H groups in total. The summed E-state index contributed by atoms with van der Waals surface area (Å²) in [5.41, 5.74) is 3.76. The Kier molecular flexibility index (Phi) is 10.0. The molecule has 0 spiro atoms. The van der Waals surface area contributed by atoms with Gasteiger partial charge in [0.1, 0.15) is 6.10 Å². The quantitative estimate of drug-likeness (QED) is 0.328. The first-order chi connectivity index (χ1) is 15.6. The lowest BCUT2D eigenvalue weighted by Gasteiger charge is -2.34. The molecule has 1 aromatic carbocycles. The molecule has 2 aliphatic heterocycles. The third-order valence-electron chi connectivity index (χ3n) is 6.38. The molecule has 2 saturated heterocycles. The Morgan fingerprint density at radius 3 is 2.67 bits per heavy atom. The van der Waals surface area contributed by atoms with Gasteiger partial charge in [-0.15, -0.1) is 24.0 Å². The highest BCUT2D eigenvalue weighted by Gasteiger charge is 2.25. The van der Waals surface area contributed by atoms with E-state index in [1.807, 2.05) is 24.1 Å². The summed E-state index contributed by atoms with van der Waals surface area (Å²) >= 11 is 0. The molecule has 4 rings (SSSR count). The first-order valence-electron chi connectivity index (χ1n) is 12.0. The van der Waals surface area contributed by atoms with Gasteiger partial charge in [0.25, 0.3) is 0 Å². The van der Waals surface area contributed by atoms with Gasteiger partial charge in [-0.2, -0.15) is 5.10 Å². The highest BCUT2D eigenvalue weighted by molar-refractivity contribution is 14.0. The van der Waals surface area contributed by atoms with E-state index in [-0.39, 0.29) is 30.1 Å². The number of guanidine groups is 1. The highest BCUT2D eigenvalue weighted by Crippen LogP contribution is 2.22. The van der Waals surface area contributed by atoms with Crippen LogP contribution in [0.4, 0.5) is 0 Å². The summed E-state index contributed by atoms with van der Waals surface area (Å²) in [5, 5.41) is 7.75. The van der Waals surface area contributed by atoms with Crippen molar-refractivity contribution in [3.05, 3.63) is 53.3 Å². The number of ether oxygens (including phenoxy) is 1. The van der Waals surface area contributed by atoms with Crippen molar-refractivity contribution in [2.75, 3.05) is 39.3 Å². The maximum atomic E-state index is 6.00. The van der Waals surface area contributed by atoms with Crippen molar-refractivity contribution in [1.29, 1.82) is 0 Å². The number of nitrogens with one attached hydrogen (secondary N) is 1. The van der Waals surface area contributed by atoms with E-state index in [4.69, 9.17) is 9.73 Å². The van der Waals surface area contributed by atoms with Gasteiger partial charge in [-0.1, -0.05) is 31.2 Å². The number of likely N-dealkylation sites (tertiary alicyclic amines) is 1. The fourth-order valence-corrected chi connectivity index (χ4v) is 4.68. The van der Waals surface area contributed by atoms with Crippen LogP contribution in [0.3, 0.4) is 0 Å². The van der Waals surface area contributed by atoms with Crippen molar-refractivity contribution in [3.8, 4) is 0 Å². The van der Waals surface area contributed by atoms with Gasteiger partial charge < -0.3 is 15.0 Å². The molecule has 0 amide bonds. The number of aryl methyl sites for hydroxylation is 1. The van der Waals surface area contributed by atoms with E-state index in [9.17, 15) is 0 Å². The van der Waals surface area contributed by atoms with E-state index in [2.05, 4.69) is 58.3 Å². The fraction of sp³-hybridized carbons (Fsp3) is 0.600. The molecule has 182 valence electrons. The number of halogens is 1. The Balaban J connectivity index is 0.00000306. The van der Waals surface area contributed by atoms with E-state index in [1.54, 1.807) is 0 Å². The summed E-state index contributed by atoms with van der Waals surface area (Å²) in [6.07, 6.45) is 6.64. The highest BCUT2D eigenvalue weighted by atomic mass is 127. The van der Waals surface area contributed by atoms with Gasteiger partial charge in [0.05, 0.1) is 25.9 Å². The molecule has 2 aromatic rings. The number of morpholine rings is 1. The van der Waals surface area contributed by atoms with Gasteiger partial charge in [-0.05, 0) is 43.4 Å². The van der Waals surface area contributed by atoms with Crippen LogP contribution >= 0.6 is 24.0 Å². The Bertz CT molecular complexity index is 883. The number of hydrogen-bond acceptors (Lipinski definition) is 4. The van der Waals surface area contributed by atoms with Crippen LogP contribution in [0.5, 0.6) is 0 Å². The second-order valence-electron chi connectivity index (χ2n) is 9.22. The molecular weight excluding hydrogens is 527 g/mol. The molecule has 0 aliphatic carbocycles. The van der Waals surface area contributed by atoms with Crippen molar-refractivity contribution >= 4 is 29.9 Å². The van der Waals surface area contributed by atoms with E-state index >= 15 is 0 Å². The van der Waals surface area contributed by atoms with Gasteiger partial charge >= 0.3 is 0 Å². The molecule has 33 heavy (non-hydrogen) atoms. The SMILES string of the molecule is CCNC(=NCc1ccc(CN2CCCC(C)C2)cc1)N1CCOC(c2cnn(C)c2)C1.I. The van der Waals surface area contributed by atoms with Crippen LogP contribution in [-0.2, 0) is 24.9 Å². The molecule has 1 aromatic heterocycles. The van der Waals surface area contributed by atoms with E-state index in [1.165, 1.54) is 37.1 Å². The summed E-state index contributed by atoms with van der Waals surface area (Å²) in [7, 11) is 1.94. The monoisotopic (exact) mass is 566 g/mol. The molecule has 2 unspecified atom stereocenters. The normalized spacial score (nSPS) is 22.2. The van der Waals surface area contributed by atoms with Crippen molar-refractivity contribution in [2.45, 2.75) is 45.9 Å². The van der Waals surface area contributed by atoms with E-state index in [0.29, 0.717) is 13.2 Å². The van der Waals surface area contributed by atoms with Gasteiger partial charge in [-0.25, -0.2) is 4.99 Å². The third kappa shape index (κ3) is 7.42. The topological polar surface area (TPSA) is 57.9 Å². The Hall–Kier alpha value is -1.65. The van der Waals surface area contributed by atoms with Crippen LogP contribution in [0, 0.1) is 5.92 Å². The molecule has 8 heteroatoms. The van der Waals surface area contributed by atoms with E-state index < -0.39 is 0 Å². The predicted molar refractivity (Wildman–Crippen MR) is 144 cm³/mol. The second kappa shape index (κ2) is 12.7. The summed E-state index contributed by atoms with van der Waals surface area (Å²) < 4.78 is 7.82. The average molecular weight is 567 g/mol. The summed E-state index contributed by atoms with van der Waals surface area (Å²) in [6, 6.07) is 9.00. The number of rotatable bonds is 6. The number of nitrogens with zero attached hydrogens (tertiary/aromatic N) is 5. The maximum Gasteiger partial charge on any atom is 0.194 e. The first kappa shape index (κ1) is 26.0. The number of hydrogen-bond donors (Lipinski definition) is 1. The van der Waals surface area contributed by atoms with Gasteiger partial charge in [0.15, 0.2) is 5.96 Å². The zero-order valence-corrected chi connectivity index (χ0v) is 22.6. The Labute approximate surface area is 215 Å². The van der Waals surface area contributed by atoms with Crippen LogP contribution in [0.25, 0.3) is 0 Å². The van der Waals surface area contributed by atoms with Crippen LogP contribution < -0.4 is 5.32 Å². The molecule has 2 fully saturated rings. The molecular formula is C25H39IN6O. The lowest BCUT2D eigenvalue weighted by Crippen LogP contribution is -2.48. The van der Waals surface area contributed by atoms with Crippen molar-refractivity contribution in [1.82, 2.24) is 24.9 Å².